The molecule has 1 aromatic heterocycles. The predicted molar refractivity (Wildman–Crippen MR) is 74.8 cm³/mol. The summed E-state index contributed by atoms with van der Waals surface area (Å²) in [5.41, 5.74) is 1.60. The van der Waals surface area contributed by atoms with Gasteiger partial charge in [0.05, 0.1) is 11.0 Å². The van der Waals surface area contributed by atoms with Crippen molar-refractivity contribution in [3.63, 3.8) is 0 Å². The predicted octanol–water partition coefficient (Wildman–Crippen LogP) is 3.31. The number of fused-ring (bicyclic) bond motifs is 1. The Bertz CT molecular complexity index is 554. The Morgan fingerprint density at radius 2 is 2.39 bits per heavy atom. The van der Waals surface area contributed by atoms with Crippen molar-refractivity contribution in [2.45, 2.75) is 12.8 Å². The van der Waals surface area contributed by atoms with Crippen LogP contribution in [0.3, 0.4) is 0 Å². The molecule has 0 spiro atoms. The Hall–Kier alpha value is -1.10. The standard InChI is InChI=1S/C13H15BrFN3/c14-7-9-2-1-5-18(8-9)13-16-11-4-3-10(15)6-12(11)17-13/h3-4,6,9H,1-2,5,7-8H2,(H,16,17). The molecule has 0 saturated carbocycles. The van der Waals surface area contributed by atoms with Gasteiger partial charge in [-0.15, -0.1) is 0 Å². The maximum absolute atomic E-state index is 13.1. The van der Waals surface area contributed by atoms with Crippen molar-refractivity contribution in [3.05, 3.63) is 24.0 Å². The number of H-pyrrole nitrogens is 1. The van der Waals surface area contributed by atoms with Gasteiger partial charge in [-0.25, -0.2) is 9.37 Å². The minimum Gasteiger partial charge on any atom is -0.342 e. The average molecular weight is 312 g/mol. The number of nitrogens with one attached hydrogen (secondary N) is 1. The van der Waals surface area contributed by atoms with Gasteiger partial charge in [-0.05, 0) is 37.0 Å². The van der Waals surface area contributed by atoms with Gasteiger partial charge in [0.25, 0.3) is 0 Å². The Labute approximate surface area is 114 Å². The summed E-state index contributed by atoms with van der Waals surface area (Å²) < 4.78 is 13.1. The third-order valence-electron chi connectivity index (χ3n) is 3.47. The maximum atomic E-state index is 13.1. The molecule has 1 aromatic carbocycles. The molecule has 2 aromatic rings. The lowest BCUT2D eigenvalue weighted by atomic mass is 10.0. The van der Waals surface area contributed by atoms with Crippen molar-refractivity contribution in [3.8, 4) is 0 Å². The molecule has 18 heavy (non-hydrogen) atoms. The van der Waals surface area contributed by atoms with Crippen molar-refractivity contribution in [2.24, 2.45) is 5.92 Å². The number of hydrogen-bond acceptors (Lipinski definition) is 2. The van der Waals surface area contributed by atoms with Crippen molar-refractivity contribution in [1.29, 1.82) is 0 Å². The van der Waals surface area contributed by atoms with Crippen molar-refractivity contribution in [2.75, 3.05) is 23.3 Å². The number of anilines is 1. The van der Waals surface area contributed by atoms with Gasteiger partial charge in [-0.3, -0.25) is 0 Å². The normalized spacial score (nSPS) is 20.6. The van der Waals surface area contributed by atoms with Crippen LogP contribution in [0.4, 0.5) is 10.3 Å². The number of aromatic amines is 1. The van der Waals surface area contributed by atoms with Gasteiger partial charge in [0.15, 0.2) is 0 Å². The first-order chi connectivity index (χ1) is 8.76. The summed E-state index contributed by atoms with van der Waals surface area (Å²) in [6, 6.07) is 4.67. The Morgan fingerprint density at radius 1 is 1.50 bits per heavy atom. The minimum atomic E-state index is -0.227. The highest BCUT2D eigenvalue weighted by Crippen LogP contribution is 2.24. The fraction of sp³-hybridized carbons (Fsp3) is 0.462. The molecule has 1 saturated heterocycles. The molecular formula is C13H15BrFN3. The van der Waals surface area contributed by atoms with E-state index >= 15 is 0 Å². The van der Waals surface area contributed by atoms with Crippen LogP contribution in [0.2, 0.25) is 0 Å². The minimum absolute atomic E-state index is 0.227. The van der Waals surface area contributed by atoms with Crippen LogP contribution in [0.5, 0.6) is 0 Å². The van der Waals surface area contributed by atoms with Gasteiger partial charge < -0.3 is 9.88 Å². The summed E-state index contributed by atoms with van der Waals surface area (Å²) in [6.07, 6.45) is 2.44. The number of aromatic nitrogens is 2. The molecule has 3 nitrogen and oxygen atoms in total. The van der Waals surface area contributed by atoms with Crippen LogP contribution in [-0.4, -0.2) is 28.4 Å². The molecular weight excluding hydrogens is 297 g/mol. The molecule has 3 rings (SSSR count). The van der Waals surface area contributed by atoms with Gasteiger partial charge >= 0.3 is 0 Å². The second kappa shape index (κ2) is 4.88. The molecule has 1 aliphatic rings. The number of piperidine rings is 1. The number of hydrogen-bond donors (Lipinski definition) is 1. The largest absolute Gasteiger partial charge is 0.342 e. The Morgan fingerprint density at radius 3 is 3.22 bits per heavy atom. The van der Waals surface area contributed by atoms with E-state index < -0.39 is 0 Å². The van der Waals surface area contributed by atoms with E-state index in [4.69, 9.17) is 0 Å². The van der Waals surface area contributed by atoms with E-state index in [1.54, 1.807) is 6.07 Å². The van der Waals surface area contributed by atoms with E-state index in [1.807, 2.05) is 0 Å². The first-order valence-corrected chi connectivity index (χ1v) is 7.34. The highest BCUT2D eigenvalue weighted by molar-refractivity contribution is 9.09. The molecule has 0 amide bonds. The van der Waals surface area contributed by atoms with E-state index in [0.29, 0.717) is 5.92 Å². The topological polar surface area (TPSA) is 31.9 Å². The SMILES string of the molecule is Fc1ccc2nc(N3CCCC(CBr)C3)[nH]c2c1. The molecule has 1 unspecified atom stereocenters. The van der Waals surface area contributed by atoms with Crippen LogP contribution in [-0.2, 0) is 0 Å². The summed E-state index contributed by atoms with van der Waals surface area (Å²) in [5.74, 6) is 1.31. The number of imidazole rings is 1. The van der Waals surface area contributed by atoms with Crippen LogP contribution in [0.1, 0.15) is 12.8 Å². The lowest BCUT2D eigenvalue weighted by Crippen LogP contribution is -2.36. The summed E-state index contributed by atoms with van der Waals surface area (Å²) in [7, 11) is 0. The van der Waals surface area contributed by atoms with E-state index in [9.17, 15) is 4.39 Å². The lowest BCUT2D eigenvalue weighted by Gasteiger charge is -2.31. The second-order valence-electron chi connectivity index (χ2n) is 4.83. The summed E-state index contributed by atoms with van der Waals surface area (Å²) >= 11 is 3.55. The van der Waals surface area contributed by atoms with E-state index in [0.717, 1.165) is 35.4 Å². The van der Waals surface area contributed by atoms with Crippen molar-refractivity contribution >= 4 is 32.9 Å². The number of benzene rings is 1. The molecule has 96 valence electrons. The molecule has 0 radical (unpaired) electrons. The zero-order valence-corrected chi connectivity index (χ0v) is 11.6. The number of nitrogens with zero attached hydrogens (tertiary/aromatic N) is 2. The molecule has 0 bridgehead atoms. The third kappa shape index (κ3) is 2.23. The zero-order valence-electron chi connectivity index (χ0n) is 10.00. The highest BCUT2D eigenvalue weighted by atomic mass is 79.9. The van der Waals surface area contributed by atoms with Crippen LogP contribution in [0.25, 0.3) is 11.0 Å². The molecule has 5 heteroatoms. The second-order valence-corrected chi connectivity index (χ2v) is 5.48. The molecule has 0 aliphatic carbocycles. The highest BCUT2D eigenvalue weighted by Gasteiger charge is 2.21. The number of alkyl halides is 1. The Balaban J connectivity index is 1.89. The number of halogens is 2. The van der Waals surface area contributed by atoms with Gasteiger partial charge in [-0.2, -0.15) is 0 Å². The van der Waals surface area contributed by atoms with E-state index in [-0.39, 0.29) is 5.82 Å². The van der Waals surface area contributed by atoms with Crippen LogP contribution >= 0.6 is 15.9 Å². The molecule has 1 fully saturated rings. The first-order valence-electron chi connectivity index (χ1n) is 6.22. The first kappa shape index (κ1) is 12.0. The van der Waals surface area contributed by atoms with Gasteiger partial charge in [0.1, 0.15) is 5.82 Å². The van der Waals surface area contributed by atoms with Crippen molar-refractivity contribution < 1.29 is 4.39 Å². The van der Waals surface area contributed by atoms with E-state index in [2.05, 4.69) is 30.8 Å². The third-order valence-corrected chi connectivity index (χ3v) is 4.38. The fourth-order valence-corrected chi connectivity index (χ4v) is 3.03. The van der Waals surface area contributed by atoms with Gasteiger partial charge in [0.2, 0.25) is 5.95 Å². The molecule has 2 heterocycles. The smallest absolute Gasteiger partial charge is 0.203 e. The summed E-state index contributed by atoms with van der Waals surface area (Å²) in [4.78, 5) is 10.0. The van der Waals surface area contributed by atoms with Crippen LogP contribution in [0, 0.1) is 11.7 Å². The molecule has 1 atom stereocenters. The molecule has 1 aliphatic heterocycles. The lowest BCUT2D eigenvalue weighted by molar-refractivity contribution is 0.451. The Kier molecular flexibility index (Phi) is 3.24. The monoisotopic (exact) mass is 311 g/mol. The quantitative estimate of drug-likeness (QED) is 0.863. The van der Waals surface area contributed by atoms with Gasteiger partial charge in [0, 0.05) is 18.4 Å². The molecule has 1 N–H and O–H groups in total. The van der Waals surface area contributed by atoms with Crippen molar-refractivity contribution in [1.82, 2.24) is 9.97 Å². The summed E-state index contributed by atoms with van der Waals surface area (Å²) in [6.45, 7) is 2.03. The maximum Gasteiger partial charge on any atom is 0.203 e. The fourth-order valence-electron chi connectivity index (χ4n) is 2.50. The summed E-state index contributed by atoms with van der Waals surface area (Å²) in [5, 5.41) is 1.03. The van der Waals surface area contributed by atoms with Gasteiger partial charge in [-0.1, -0.05) is 15.9 Å². The zero-order chi connectivity index (χ0) is 12.5. The van der Waals surface area contributed by atoms with E-state index in [1.165, 1.54) is 25.0 Å². The average Bonchev–Trinajstić information content (AvgIpc) is 2.81. The van der Waals surface area contributed by atoms with Crippen LogP contribution in [0.15, 0.2) is 18.2 Å². The number of rotatable bonds is 2. The van der Waals surface area contributed by atoms with Crippen LogP contribution < -0.4 is 4.90 Å².